The van der Waals surface area contributed by atoms with Crippen molar-refractivity contribution in [2.45, 2.75) is 35.1 Å². The predicted molar refractivity (Wildman–Crippen MR) is 98.8 cm³/mol. The van der Waals surface area contributed by atoms with Crippen LogP contribution in [0.15, 0.2) is 58.3 Å². The Balaban J connectivity index is 0.000000187. The molecule has 0 radical (unpaired) electrons. The molecule has 3 rings (SSSR count). The van der Waals surface area contributed by atoms with Crippen molar-refractivity contribution in [1.82, 2.24) is 0 Å². The quantitative estimate of drug-likeness (QED) is 0.529. The third-order valence-electron chi connectivity index (χ3n) is 3.55. The fourth-order valence-electron chi connectivity index (χ4n) is 2.21. The van der Waals surface area contributed by atoms with Crippen LogP contribution in [-0.4, -0.2) is 23.7 Å². The smallest absolute Gasteiger partial charge is 0.320 e. The highest BCUT2D eigenvalue weighted by molar-refractivity contribution is 7.99. The number of carboxylic acids is 1. The summed E-state index contributed by atoms with van der Waals surface area (Å²) >= 11 is 1.82. The van der Waals surface area contributed by atoms with Gasteiger partial charge in [0.1, 0.15) is 6.04 Å². The number of anilines is 2. The first-order valence-corrected chi connectivity index (χ1v) is 8.75. The lowest BCUT2D eigenvalue weighted by molar-refractivity contribution is -0.138. The summed E-state index contributed by atoms with van der Waals surface area (Å²) in [6.45, 7) is 0.604. The van der Waals surface area contributed by atoms with Crippen LogP contribution in [-0.2, 0) is 4.79 Å². The van der Waals surface area contributed by atoms with Crippen molar-refractivity contribution in [2.75, 3.05) is 11.9 Å². The van der Waals surface area contributed by atoms with Crippen molar-refractivity contribution in [3.05, 3.63) is 48.5 Å². The zero-order valence-electron chi connectivity index (χ0n) is 13.4. The van der Waals surface area contributed by atoms with E-state index in [-0.39, 0.29) is 0 Å². The Morgan fingerprint density at radius 3 is 2.08 bits per heavy atom. The maximum atomic E-state index is 10.1. The third kappa shape index (κ3) is 5.26. The molecule has 1 heterocycles. The number of carbonyl (C=O) groups is 1. The molecule has 2 aromatic rings. The summed E-state index contributed by atoms with van der Waals surface area (Å²) in [6.07, 6.45) is 2.16. The van der Waals surface area contributed by atoms with E-state index in [1.807, 2.05) is 11.8 Å². The van der Waals surface area contributed by atoms with E-state index in [4.69, 9.17) is 16.6 Å². The van der Waals surface area contributed by atoms with Gasteiger partial charge >= 0.3 is 5.97 Å². The van der Waals surface area contributed by atoms with Gasteiger partial charge in [-0.1, -0.05) is 42.4 Å². The highest BCUT2D eigenvalue weighted by Gasteiger charge is 2.13. The molecule has 6 heteroatoms. The molecule has 2 aromatic carbocycles. The summed E-state index contributed by atoms with van der Waals surface area (Å²) in [6, 6.07) is 16.0. The van der Waals surface area contributed by atoms with E-state index in [1.165, 1.54) is 21.2 Å². The molecule has 0 amide bonds. The summed E-state index contributed by atoms with van der Waals surface area (Å²) in [7, 11) is 0. The van der Waals surface area contributed by atoms with E-state index in [0.717, 1.165) is 12.8 Å². The number of hydrogen-bond acceptors (Lipinski definition) is 5. The lowest BCUT2D eigenvalue weighted by Gasteiger charge is -2.19. The largest absolute Gasteiger partial charge is 0.480 e. The van der Waals surface area contributed by atoms with Crippen molar-refractivity contribution in [2.24, 2.45) is 11.5 Å². The van der Waals surface area contributed by atoms with Crippen LogP contribution in [0, 0.1) is 0 Å². The molecule has 5 nitrogen and oxygen atoms in total. The van der Waals surface area contributed by atoms with Gasteiger partial charge in [0.2, 0.25) is 0 Å². The second-order valence-electron chi connectivity index (χ2n) is 5.45. The molecule has 6 N–H and O–H groups in total. The molecule has 128 valence electrons. The lowest BCUT2D eigenvalue weighted by Crippen LogP contribution is -2.29. The van der Waals surface area contributed by atoms with Crippen LogP contribution < -0.4 is 16.8 Å². The minimum Gasteiger partial charge on any atom is -0.480 e. The van der Waals surface area contributed by atoms with Crippen molar-refractivity contribution < 1.29 is 9.90 Å². The van der Waals surface area contributed by atoms with Gasteiger partial charge in [0.25, 0.3) is 0 Å². The molecular formula is C18H23N3O2S. The fourth-order valence-corrected chi connectivity index (χ4v) is 3.20. The normalized spacial score (nSPS) is 12.8. The van der Waals surface area contributed by atoms with Gasteiger partial charge in [-0.3, -0.25) is 4.79 Å². The van der Waals surface area contributed by atoms with Crippen LogP contribution >= 0.6 is 11.8 Å². The van der Waals surface area contributed by atoms with E-state index in [0.29, 0.717) is 13.0 Å². The van der Waals surface area contributed by atoms with Crippen LogP contribution in [0.4, 0.5) is 11.4 Å². The van der Waals surface area contributed by atoms with Crippen LogP contribution in [0.5, 0.6) is 0 Å². The molecule has 0 bridgehead atoms. The summed E-state index contributed by atoms with van der Waals surface area (Å²) < 4.78 is 0. The molecule has 0 spiro atoms. The van der Waals surface area contributed by atoms with Crippen LogP contribution in [0.2, 0.25) is 0 Å². The summed E-state index contributed by atoms with van der Waals surface area (Å²) in [4.78, 5) is 12.7. The zero-order valence-corrected chi connectivity index (χ0v) is 14.3. The summed E-state index contributed by atoms with van der Waals surface area (Å²) in [5.74, 6) is -0.933. The number of fused-ring (bicyclic) bond motifs is 2. The number of hydrogen-bond donors (Lipinski definition) is 4. The molecule has 0 aromatic heterocycles. The van der Waals surface area contributed by atoms with Gasteiger partial charge in [0.15, 0.2) is 0 Å². The van der Waals surface area contributed by atoms with Crippen LogP contribution in [0.25, 0.3) is 0 Å². The number of nitrogens with two attached hydrogens (primary N) is 2. The van der Waals surface area contributed by atoms with E-state index >= 15 is 0 Å². The first kappa shape index (κ1) is 18.3. The Hall–Kier alpha value is -2.02. The van der Waals surface area contributed by atoms with Crippen molar-refractivity contribution >= 4 is 29.1 Å². The number of carboxylic acid groups (broad SMARTS) is 1. The average molecular weight is 345 g/mol. The molecule has 0 saturated heterocycles. The minimum absolute atomic E-state index is 0.520. The summed E-state index contributed by atoms with van der Waals surface area (Å²) in [5.41, 5.74) is 12.8. The Morgan fingerprint density at radius 1 is 1.04 bits per heavy atom. The molecule has 1 atom stereocenters. The molecule has 1 aliphatic rings. The summed E-state index contributed by atoms with van der Waals surface area (Å²) in [5, 5.41) is 11.7. The first-order valence-electron chi connectivity index (χ1n) is 7.93. The molecule has 1 aliphatic heterocycles. The average Bonchev–Trinajstić information content (AvgIpc) is 2.60. The number of nitrogens with one attached hydrogen (secondary N) is 1. The third-order valence-corrected chi connectivity index (χ3v) is 4.70. The van der Waals surface area contributed by atoms with Gasteiger partial charge in [0.05, 0.1) is 11.4 Å². The van der Waals surface area contributed by atoms with Crippen molar-refractivity contribution in [3.63, 3.8) is 0 Å². The fraction of sp³-hybridized carbons (Fsp3) is 0.278. The maximum Gasteiger partial charge on any atom is 0.320 e. The van der Waals surface area contributed by atoms with Crippen LogP contribution in [0.1, 0.15) is 19.3 Å². The van der Waals surface area contributed by atoms with Crippen LogP contribution in [0.3, 0.4) is 0 Å². The van der Waals surface area contributed by atoms with E-state index in [1.54, 1.807) is 0 Å². The molecule has 0 fully saturated rings. The van der Waals surface area contributed by atoms with Crippen molar-refractivity contribution in [1.29, 1.82) is 0 Å². The number of rotatable bonds is 5. The zero-order chi connectivity index (χ0) is 17.4. The van der Waals surface area contributed by atoms with Gasteiger partial charge in [0, 0.05) is 9.79 Å². The predicted octanol–water partition coefficient (Wildman–Crippen LogP) is 3.42. The highest BCUT2D eigenvalue weighted by atomic mass is 32.2. The highest BCUT2D eigenvalue weighted by Crippen LogP contribution is 2.43. The second kappa shape index (κ2) is 9.32. The Kier molecular flexibility index (Phi) is 7.11. The Bertz CT molecular complexity index is 591. The van der Waals surface area contributed by atoms with E-state index in [2.05, 4.69) is 53.8 Å². The topological polar surface area (TPSA) is 101 Å². The number of benzene rings is 2. The molecule has 0 unspecified atom stereocenters. The standard InChI is InChI=1S/C12H9NS.C6H14N2O2/c1-3-7-11-9(5-1)13-10-6-2-4-8-12(10)14-11;7-4-2-1-3-5(8)6(9)10/h1-8,13H;5H,1-4,7-8H2,(H,9,10)/t;5-/m.0/s1. The van der Waals surface area contributed by atoms with Gasteiger partial charge in [-0.05, 0) is 43.7 Å². The minimum atomic E-state index is -0.933. The number of para-hydroxylation sites is 2. The van der Waals surface area contributed by atoms with Gasteiger partial charge in [-0.25, -0.2) is 0 Å². The molecule has 24 heavy (non-hydrogen) atoms. The number of unbranched alkanes of at least 4 members (excludes halogenated alkanes) is 1. The molecular weight excluding hydrogens is 322 g/mol. The Labute approximate surface area is 146 Å². The van der Waals surface area contributed by atoms with Gasteiger partial charge in [-0.15, -0.1) is 0 Å². The first-order chi connectivity index (χ1) is 11.6. The van der Waals surface area contributed by atoms with E-state index in [9.17, 15) is 4.79 Å². The number of aliphatic carboxylic acids is 1. The lowest BCUT2D eigenvalue weighted by atomic mass is 10.1. The van der Waals surface area contributed by atoms with Gasteiger partial charge < -0.3 is 21.9 Å². The Morgan fingerprint density at radius 2 is 1.58 bits per heavy atom. The second-order valence-corrected chi connectivity index (χ2v) is 6.53. The molecule has 0 aliphatic carbocycles. The monoisotopic (exact) mass is 345 g/mol. The van der Waals surface area contributed by atoms with Crippen molar-refractivity contribution in [3.8, 4) is 0 Å². The van der Waals surface area contributed by atoms with Gasteiger partial charge in [-0.2, -0.15) is 0 Å². The van der Waals surface area contributed by atoms with E-state index < -0.39 is 12.0 Å². The maximum absolute atomic E-state index is 10.1. The molecule has 0 saturated carbocycles. The SMILES string of the molecule is NCCCC[C@H](N)C(=O)O.c1ccc2c(c1)Nc1ccccc1S2.